The molecule has 0 bridgehead atoms. The highest BCUT2D eigenvalue weighted by Crippen LogP contribution is 2.35. The highest BCUT2D eigenvalue weighted by atomic mass is 32.2. The lowest BCUT2D eigenvalue weighted by atomic mass is 10.2. The Morgan fingerprint density at radius 1 is 1.59 bits per heavy atom. The van der Waals surface area contributed by atoms with Crippen molar-refractivity contribution < 1.29 is 14.3 Å². The number of rotatable bonds is 4. The molecule has 0 aliphatic carbocycles. The van der Waals surface area contributed by atoms with Gasteiger partial charge in [0.05, 0.1) is 30.6 Å². The van der Waals surface area contributed by atoms with E-state index in [1.807, 2.05) is 0 Å². The number of carbonyl (C=O) groups excluding carboxylic acids is 1. The van der Waals surface area contributed by atoms with E-state index in [1.165, 1.54) is 0 Å². The average molecular weight is 253 g/mol. The standard InChI is InChI=1S/C12H15NO3S/c1-2-16-12(14)9-4-3-5-10(13)11(9)17-8-6-15-7-8/h3-5,8H,2,6-7,13H2,1H3. The summed E-state index contributed by atoms with van der Waals surface area (Å²) in [6.45, 7) is 3.57. The molecule has 0 spiro atoms. The van der Waals surface area contributed by atoms with Crippen LogP contribution < -0.4 is 5.73 Å². The minimum Gasteiger partial charge on any atom is -0.462 e. The quantitative estimate of drug-likeness (QED) is 0.656. The summed E-state index contributed by atoms with van der Waals surface area (Å²) in [5.41, 5.74) is 7.08. The van der Waals surface area contributed by atoms with Crippen LogP contribution in [0.1, 0.15) is 17.3 Å². The molecule has 1 aromatic rings. The van der Waals surface area contributed by atoms with E-state index in [2.05, 4.69) is 0 Å². The van der Waals surface area contributed by atoms with Crippen LogP contribution in [0.5, 0.6) is 0 Å². The van der Waals surface area contributed by atoms with E-state index in [9.17, 15) is 4.79 Å². The molecular formula is C12H15NO3S. The van der Waals surface area contributed by atoms with Gasteiger partial charge in [0.2, 0.25) is 0 Å². The number of anilines is 1. The van der Waals surface area contributed by atoms with Crippen LogP contribution in [0.15, 0.2) is 23.1 Å². The van der Waals surface area contributed by atoms with Gasteiger partial charge in [-0.1, -0.05) is 6.07 Å². The maximum absolute atomic E-state index is 11.8. The average Bonchev–Trinajstić information content (AvgIpc) is 2.25. The van der Waals surface area contributed by atoms with Gasteiger partial charge in [-0.3, -0.25) is 0 Å². The van der Waals surface area contributed by atoms with Gasteiger partial charge in [0, 0.05) is 10.6 Å². The van der Waals surface area contributed by atoms with Gasteiger partial charge in [-0.2, -0.15) is 0 Å². The van der Waals surface area contributed by atoms with Gasteiger partial charge in [-0.15, -0.1) is 11.8 Å². The number of nitrogen functional groups attached to an aromatic ring is 1. The number of ether oxygens (including phenoxy) is 2. The summed E-state index contributed by atoms with van der Waals surface area (Å²) in [5.74, 6) is -0.317. The first-order valence-corrected chi connectivity index (χ1v) is 6.40. The molecule has 2 rings (SSSR count). The highest BCUT2D eigenvalue weighted by molar-refractivity contribution is 8.00. The molecule has 92 valence electrons. The Labute approximate surface area is 104 Å². The van der Waals surface area contributed by atoms with Gasteiger partial charge in [0.1, 0.15) is 0 Å². The lowest BCUT2D eigenvalue weighted by Gasteiger charge is -2.26. The molecule has 0 amide bonds. The Morgan fingerprint density at radius 3 is 2.94 bits per heavy atom. The molecule has 0 atom stereocenters. The zero-order valence-corrected chi connectivity index (χ0v) is 10.5. The summed E-state index contributed by atoms with van der Waals surface area (Å²) in [7, 11) is 0. The number of carbonyl (C=O) groups is 1. The van der Waals surface area contributed by atoms with Gasteiger partial charge >= 0.3 is 5.97 Å². The molecule has 0 saturated carbocycles. The molecule has 4 nitrogen and oxygen atoms in total. The number of nitrogens with two attached hydrogens (primary N) is 1. The van der Waals surface area contributed by atoms with E-state index in [0.29, 0.717) is 36.3 Å². The second-order valence-electron chi connectivity index (χ2n) is 3.72. The van der Waals surface area contributed by atoms with Crippen LogP contribution in [-0.2, 0) is 9.47 Å². The van der Waals surface area contributed by atoms with E-state index in [-0.39, 0.29) is 5.97 Å². The minimum atomic E-state index is -0.317. The number of hydrogen-bond acceptors (Lipinski definition) is 5. The smallest absolute Gasteiger partial charge is 0.339 e. The Hall–Kier alpha value is -1.20. The lowest BCUT2D eigenvalue weighted by Crippen LogP contribution is -2.30. The summed E-state index contributed by atoms with van der Waals surface area (Å²) >= 11 is 1.59. The normalized spacial score (nSPS) is 15.4. The van der Waals surface area contributed by atoms with Crippen LogP contribution in [-0.4, -0.2) is 31.0 Å². The van der Waals surface area contributed by atoms with Crippen LogP contribution in [0.4, 0.5) is 5.69 Å². The Balaban J connectivity index is 2.23. The van der Waals surface area contributed by atoms with Crippen molar-refractivity contribution in [1.29, 1.82) is 0 Å². The van der Waals surface area contributed by atoms with Crippen molar-refractivity contribution in [1.82, 2.24) is 0 Å². The summed E-state index contributed by atoms with van der Waals surface area (Å²) in [6.07, 6.45) is 0. The molecule has 0 unspecified atom stereocenters. The zero-order chi connectivity index (χ0) is 12.3. The molecule has 5 heteroatoms. The number of thioether (sulfide) groups is 1. The molecule has 0 radical (unpaired) electrons. The largest absolute Gasteiger partial charge is 0.462 e. The van der Waals surface area contributed by atoms with Crippen LogP contribution in [0.2, 0.25) is 0 Å². The molecule has 1 aliphatic heterocycles. The first-order chi connectivity index (χ1) is 8.22. The van der Waals surface area contributed by atoms with Crippen molar-refractivity contribution in [3.05, 3.63) is 23.8 Å². The third-order valence-electron chi connectivity index (χ3n) is 2.43. The third kappa shape index (κ3) is 2.73. The lowest BCUT2D eigenvalue weighted by molar-refractivity contribution is 0.0453. The van der Waals surface area contributed by atoms with E-state index in [1.54, 1.807) is 36.9 Å². The topological polar surface area (TPSA) is 61.5 Å². The van der Waals surface area contributed by atoms with Crippen LogP contribution >= 0.6 is 11.8 Å². The van der Waals surface area contributed by atoms with Gasteiger partial charge < -0.3 is 15.2 Å². The second kappa shape index (κ2) is 5.42. The van der Waals surface area contributed by atoms with Gasteiger partial charge in [-0.25, -0.2) is 4.79 Å². The predicted molar refractivity (Wildman–Crippen MR) is 67.3 cm³/mol. The first kappa shape index (κ1) is 12.3. The predicted octanol–water partition coefficient (Wildman–Crippen LogP) is 1.94. The molecular weight excluding hydrogens is 238 g/mol. The summed E-state index contributed by atoms with van der Waals surface area (Å²) in [6, 6.07) is 5.31. The van der Waals surface area contributed by atoms with Gasteiger partial charge in [-0.05, 0) is 19.1 Å². The molecule has 0 aromatic heterocycles. The van der Waals surface area contributed by atoms with Crippen molar-refractivity contribution in [3.8, 4) is 0 Å². The Bertz CT molecular complexity index is 418. The van der Waals surface area contributed by atoms with Gasteiger partial charge in [0.15, 0.2) is 0 Å². The summed E-state index contributed by atoms with van der Waals surface area (Å²) < 4.78 is 10.1. The number of hydrogen-bond donors (Lipinski definition) is 1. The van der Waals surface area contributed by atoms with E-state index < -0.39 is 0 Å². The van der Waals surface area contributed by atoms with Crippen molar-refractivity contribution in [2.75, 3.05) is 25.6 Å². The first-order valence-electron chi connectivity index (χ1n) is 5.52. The fourth-order valence-electron chi connectivity index (χ4n) is 1.50. The molecule has 2 N–H and O–H groups in total. The molecule has 1 aromatic carbocycles. The fourth-order valence-corrected chi connectivity index (χ4v) is 2.65. The molecule has 1 fully saturated rings. The molecule has 1 aliphatic rings. The second-order valence-corrected chi connectivity index (χ2v) is 5.03. The maximum Gasteiger partial charge on any atom is 0.339 e. The zero-order valence-electron chi connectivity index (χ0n) is 9.64. The van der Waals surface area contributed by atoms with E-state index >= 15 is 0 Å². The van der Waals surface area contributed by atoms with Crippen molar-refractivity contribution in [3.63, 3.8) is 0 Å². The Kier molecular flexibility index (Phi) is 3.91. The molecule has 17 heavy (non-hydrogen) atoms. The summed E-state index contributed by atoms with van der Waals surface area (Å²) in [5, 5.41) is 0.382. The Morgan fingerprint density at radius 2 is 2.35 bits per heavy atom. The number of benzene rings is 1. The number of esters is 1. The molecule has 1 saturated heterocycles. The molecule has 1 heterocycles. The maximum atomic E-state index is 11.8. The van der Waals surface area contributed by atoms with Crippen LogP contribution in [0.3, 0.4) is 0 Å². The minimum absolute atomic E-state index is 0.317. The highest BCUT2D eigenvalue weighted by Gasteiger charge is 2.24. The SMILES string of the molecule is CCOC(=O)c1cccc(N)c1SC1COC1. The fraction of sp³-hybridized carbons (Fsp3) is 0.417. The van der Waals surface area contributed by atoms with Crippen LogP contribution in [0.25, 0.3) is 0 Å². The van der Waals surface area contributed by atoms with Crippen LogP contribution in [0, 0.1) is 0 Å². The third-order valence-corrected chi connectivity index (χ3v) is 3.73. The van der Waals surface area contributed by atoms with E-state index in [0.717, 1.165) is 4.90 Å². The van der Waals surface area contributed by atoms with Crippen molar-refractivity contribution in [2.24, 2.45) is 0 Å². The van der Waals surface area contributed by atoms with Crippen molar-refractivity contribution >= 4 is 23.4 Å². The van der Waals surface area contributed by atoms with Crippen molar-refractivity contribution in [2.45, 2.75) is 17.1 Å². The van der Waals surface area contributed by atoms with Gasteiger partial charge in [0.25, 0.3) is 0 Å². The van der Waals surface area contributed by atoms with E-state index in [4.69, 9.17) is 15.2 Å². The summed E-state index contributed by atoms with van der Waals surface area (Å²) in [4.78, 5) is 12.6. The monoisotopic (exact) mass is 253 g/mol.